The molecule has 0 heterocycles. The van der Waals surface area contributed by atoms with Gasteiger partial charge in [0.2, 0.25) is 5.75 Å². The summed E-state index contributed by atoms with van der Waals surface area (Å²) in [5.41, 5.74) is 3.00. The van der Waals surface area contributed by atoms with Crippen LogP contribution in [0.2, 0.25) is 0 Å². The highest BCUT2D eigenvalue weighted by Gasteiger charge is 2.16. The molecule has 2 aromatic carbocycles. The Morgan fingerprint density at radius 2 is 1.77 bits per heavy atom. The Balaban J connectivity index is 2.17. The van der Waals surface area contributed by atoms with Gasteiger partial charge in [-0.1, -0.05) is 12.1 Å². The maximum Gasteiger partial charge on any atom is 0.271 e. The lowest BCUT2D eigenvalue weighted by Gasteiger charge is -2.13. The van der Waals surface area contributed by atoms with E-state index in [4.69, 9.17) is 14.2 Å². The van der Waals surface area contributed by atoms with Crippen molar-refractivity contribution in [1.29, 1.82) is 0 Å². The number of benzene rings is 2. The van der Waals surface area contributed by atoms with Crippen LogP contribution in [0, 0.1) is 10.1 Å². The van der Waals surface area contributed by atoms with Crippen molar-refractivity contribution in [3.8, 4) is 17.2 Å². The largest absolute Gasteiger partial charge is 0.493 e. The first-order valence-electron chi connectivity index (χ1n) is 7.38. The maximum absolute atomic E-state index is 12.3. The molecule has 0 saturated carbocycles. The minimum atomic E-state index is -0.508. The molecule has 0 aliphatic rings. The Kier molecular flexibility index (Phi) is 6.10. The van der Waals surface area contributed by atoms with Gasteiger partial charge >= 0.3 is 0 Å². The van der Waals surface area contributed by atoms with Crippen molar-refractivity contribution in [2.45, 2.75) is 0 Å². The number of non-ortho nitro benzene ring substituents is 1. The monoisotopic (exact) mass is 359 g/mol. The fourth-order valence-corrected chi connectivity index (χ4v) is 2.16. The molecule has 0 aliphatic heterocycles. The second-order valence-electron chi connectivity index (χ2n) is 4.97. The summed E-state index contributed by atoms with van der Waals surface area (Å²) in [5, 5.41) is 14.6. The van der Waals surface area contributed by atoms with E-state index >= 15 is 0 Å². The normalized spacial score (nSPS) is 10.4. The second kappa shape index (κ2) is 8.47. The molecule has 136 valence electrons. The molecule has 0 radical (unpaired) electrons. The third-order valence-electron chi connectivity index (χ3n) is 3.39. The average Bonchev–Trinajstić information content (AvgIpc) is 2.66. The number of nitrogens with one attached hydrogen (secondary N) is 1. The first-order valence-corrected chi connectivity index (χ1v) is 7.38. The van der Waals surface area contributed by atoms with Gasteiger partial charge in [0.15, 0.2) is 11.5 Å². The summed E-state index contributed by atoms with van der Waals surface area (Å²) in [5.74, 6) is 0.525. The summed E-state index contributed by atoms with van der Waals surface area (Å²) in [7, 11) is 4.35. The molecular formula is C17H17N3O6. The molecule has 0 fully saturated rings. The molecule has 2 aromatic rings. The van der Waals surface area contributed by atoms with Crippen molar-refractivity contribution in [1.82, 2.24) is 5.43 Å². The van der Waals surface area contributed by atoms with Crippen molar-refractivity contribution in [2.24, 2.45) is 5.10 Å². The van der Waals surface area contributed by atoms with E-state index in [0.717, 1.165) is 0 Å². The van der Waals surface area contributed by atoms with Gasteiger partial charge in [0, 0.05) is 23.3 Å². The molecule has 9 heteroatoms. The number of nitro groups is 1. The van der Waals surface area contributed by atoms with Crippen LogP contribution in [-0.4, -0.2) is 38.4 Å². The van der Waals surface area contributed by atoms with Gasteiger partial charge in [-0.2, -0.15) is 5.10 Å². The summed E-state index contributed by atoms with van der Waals surface area (Å²) >= 11 is 0. The first-order chi connectivity index (χ1) is 12.5. The zero-order valence-electron chi connectivity index (χ0n) is 14.4. The van der Waals surface area contributed by atoms with Gasteiger partial charge in [-0.15, -0.1) is 0 Å². The van der Waals surface area contributed by atoms with Crippen molar-refractivity contribution >= 4 is 17.8 Å². The van der Waals surface area contributed by atoms with Gasteiger partial charge in [-0.05, 0) is 12.1 Å². The quantitative estimate of drug-likeness (QED) is 0.461. The number of ether oxygens (including phenoxy) is 3. The zero-order valence-corrected chi connectivity index (χ0v) is 14.4. The Bertz CT molecular complexity index is 825. The smallest absolute Gasteiger partial charge is 0.271 e. The maximum atomic E-state index is 12.3. The van der Waals surface area contributed by atoms with Crippen LogP contribution in [0.15, 0.2) is 41.5 Å². The van der Waals surface area contributed by atoms with Crippen molar-refractivity contribution in [3.05, 3.63) is 57.6 Å². The number of hydrogen-bond acceptors (Lipinski definition) is 7. The Morgan fingerprint density at radius 1 is 1.12 bits per heavy atom. The summed E-state index contributed by atoms with van der Waals surface area (Å²) in [6.45, 7) is 0. The number of hydrogen-bond donors (Lipinski definition) is 1. The van der Waals surface area contributed by atoms with Gasteiger partial charge in [-0.25, -0.2) is 5.43 Å². The van der Waals surface area contributed by atoms with Gasteiger partial charge in [-0.3, -0.25) is 14.9 Å². The Morgan fingerprint density at radius 3 is 2.31 bits per heavy atom. The number of carbonyl (C=O) groups excluding carboxylic acids is 1. The fraction of sp³-hybridized carbons (Fsp3) is 0.176. The van der Waals surface area contributed by atoms with E-state index in [1.165, 1.54) is 57.9 Å². The number of hydrazone groups is 1. The predicted octanol–water partition coefficient (Wildman–Crippen LogP) is 2.38. The summed E-state index contributed by atoms with van der Waals surface area (Å²) < 4.78 is 15.6. The van der Waals surface area contributed by atoms with Gasteiger partial charge < -0.3 is 14.2 Å². The number of nitrogens with zero attached hydrogens (tertiary/aromatic N) is 2. The standard InChI is InChI=1S/C17H17N3O6/c1-24-14-8-12(9-15(25-2)16(14)26-3)17(21)19-18-10-11-5-4-6-13(7-11)20(22)23/h4-10H,1-3H3,(H,19,21)/b18-10+. The van der Waals surface area contributed by atoms with Crippen molar-refractivity contribution < 1.29 is 23.9 Å². The average molecular weight is 359 g/mol. The third kappa shape index (κ3) is 4.26. The van der Waals surface area contributed by atoms with Crippen LogP contribution in [0.3, 0.4) is 0 Å². The van der Waals surface area contributed by atoms with E-state index in [2.05, 4.69) is 10.5 Å². The third-order valence-corrected chi connectivity index (χ3v) is 3.39. The fourth-order valence-electron chi connectivity index (χ4n) is 2.16. The molecular weight excluding hydrogens is 342 g/mol. The molecule has 0 saturated heterocycles. The Hall–Kier alpha value is -3.62. The molecule has 1 amide bonds. The molecule has 2 rings (SSSR count). The molecule has 0 spiro atoms. The molecule has 0 atom stereocenters. The van der Waals surface area contributed by atoms with E-state index in [9.17, 15) is 14.9 Å². The Labute approximate surface area is 149 Å². The number of amides is 1. The predicted molar refractivity (Wildman–Crippen MR) is 94.3 cm³/mol. The zero-order chi connectivity index (χ0) is 19.1. The van der Waals surface area contributed by atoms with Crippen LogP contribution in [0.4, 0.5) is 5.69 Å². The van der Waals surface area contributed by atoms with E-state index in [0.29, 0.717) is 22.8 Å². The minimum absolute atomic E-state index is 0.0649. The SMILES string of the molecule is COc1cc(C(=O)N/N=C/c2cccc([N+](=O)[O-])c2)cc(OC)c1OC. The van der Waals surface area contributed by atoms with Crippen LogP contribution < -0.4 is 19.6 Å². The number of rotatable bonds is 7. The van der Waals surface area contributed by atoms with E-state index in [-0.39, 0.29) is 11.3 Å². The van der Waals surface area contributed by atoms with E-state index < -0.39 is 10.8 Å². The molecule has 9 nitrogen and oxygen atoms in total. The van der Waals surface area contributed by atoms with Crippen LogP contribution in [0.1, 0.15) is 15.9 Å². The van der Waals surface area contributed by atoms with Crippen molar-refractivity contribution in [3.63, 3.8) is 0 Å². The molecule has 0 unspecified atom stereocenters. The number of nitro benzene ring substituents is 1. The topological polar surface area (TPSA) is 112 Å². The molecule has 0 bridgehead atoms. The molecule has 26 heavy (non-hydrogen) atoms. The molecule has 0 aliphatic carbocycles. The highest BCUT2D eigenvalue weighted by molar-refractivity contribution is 5.96. The summed E-state index contributed by atoms with van der Waals surface area (Å²) in [4.78, 5) is 22.5. The summed E-state index contributed by atoms with van der Waals surface area (Å²) in [6, 6.07) is 8.84. The highest BCUT2D eigenvalue weighted by Crippen LogP contribution is 2.38. The lowest BCUT2D eigenvalue weighted by Crippen LogP contribution is -2.18. The van der Waals surface area contributed by atoms with Crippen LogP contribution in [0.5, 0.6) is 17.2 Å². The van der Waals surface area contributed by atoms with E-state index in [1.54, 1.807) is 6.07 Å². The lowest BCUT2D eigenvalue weighted by atomic mass is 10.1. The van der Waals surface area contributed by atoms with Crippen molar-refractivity contribution in [2.75, 3.05) is 21.3 Å². The molecule has 0 aromatic heterocycles. The highest BCUT2D eigenvalue weighted by atomic mass is 16.6. The van der Waals surface area contributed by atoms with Gasteiger partial charge in [0.05, 0.1) is 32.5 Å². The van der Waals surface area contributed by atoms with Gasteiger partial charge in [0.1, 0.15) is 0 Å². The first kappa shape index (κ1) is 18.7. The number of carbonyl (C=O) groups is 1. The minimum Gasteiger partial charge on any atom is -0.493 e. The summed E-state index contributed by atoms with van der Waals surface area (Å²) in [6.07, 6.45) is 1.31. The number of methoxy groups -OCH3 is 3. The van der Waals surface area contributed by atoms with E-state index in [1.807, 2.05) is 0 Å². The van der Waals surface area contributed by atoms with Gasteiger partial charge in [0.25, 0.3) is 11.6 Å². The lowest BCUT2D eigenvalue weighted by molar-refractivity contribution is -0.384. The van der Waals surface area contributed by atoms with Crippen LogP contribution >= 0.6 is 0 Å². The van der Waals surface area contributed by atoms with Crippen LogP contribution in [0.25, 0.3) is 0 Å². The van der Waals surface area contributed by atoms with Crippen LogP contribution in [-0.2, 0) is 0 Å². The second-order valence-corrected chi connectivity index (χ2v) is 4.97. The molecule has 1 N–H and O–H groups in total.